The molecule has 0 radical (unpaired) electrons. The van der Waals surface area contributed by atoms with Gasteiger partial charge in [-0.1, -0.05) is 37.4 Å². The van der Waals surface area contributed by atoms with Crippen molar-refractivity contribution >= 4 is 41.1 Å². The van der Waals surface area contributed by atoms with E-state index in [0.29, 0.717) is 17.1 Å². The molecule has 9 heteroatoms. The molecule has 4 amide bonds. The normalized spacial score (nSPS) is 23.8. The van der Waals surface area contributed by atoms with Crippen LogP contribution in [0, 0.1) is 12.8 Å². The van der Waals surface area contributed by atoms with Gasteiger partial charge in [0.25, 0.3) is 11.8 Å². The lowest BCUT2D eigenvalue weighted by molar-refractivity contribution is -0.150. The van der Waals surface area contributed by atoms with E-state index in [1.165, 1.54) is 0 Å². The minimum absolute atomic E-state index is 0.00115. The van der Waals surface area contributed by atoms with E-state index >= 15 is 0 Å². The van der Waals surface area contributed by atoms with Crippen molar-refractivity contribution in [2.45, 2.75) is 45.1 Å². The van der Waals surface area contributed by atoms with Crippen molar-refractivity contribution in [3.8, 4) is 0 Å². The molecule has 1 aliphatic carbocycles. The highest BCUT2D eigenvalue weighted by atomic mass is 35.5. The molecule has 3 rings (SSSR count). The first kappa shape index (κ1) is 21.1. The molecule has 1 aliphatic heterocycles. The average molecular weight is 422 g/mol. The van der Waals surface area contributed by atoms with Gasteiger partial charge in [-0.15, -0.1) is 0 Å². The zero-order chi connectivity index (χ0) is 21.2. The van der Waals surface area contributed by atoms with E-state index in [1.54, 1.807) is 18.2 Å². The van der Waals surface area contributed by atoms with E-state index < -0.39 is 42.5 Å². The third-order valence-corrected chi connectivity index (χ3v) is 5.86. The van der Waals surface area contributed by atoms with Crippen molar-refractivity contribution in [2.24, 2.45) is 5.92 Å². The fourth-order valence-corrected chi connectivity index (χ4v) is 4.15. The van der Waals surface area contributed by atoms with E-state index in [9.17, 15) is 19.2 Å². The number of halogens is 1. The molecule has 0 unspecified atom stereocenters. The number of carbonyl (C=O) groups is 4. The summed E-state index contributed by atoms with van der Waals surface area (Å²) in [6, 6.07) is 4.53. The number of anilines is 1. The van der Waals surface area contributed by atoms with Crippen LogP contribution in [-0.2, 0) is 19.1 Å². The van der Waals surface area contributed by atoms with Gasteiger partial charge in [0.2, 0.25) is 0 Å². The smallest absolute Gasteiger partial charge is 0.326 e. The van der Waals surface area contributed by atoms with Crippen molar-refractivity contribution in [1.82, 2.24) is 10.2 Å². The summed E-state index contributed by atoms with van der Waals surface area (Å²) in [4.78, 5) is 50.1. The summed E-state index contributed by atoms with van der Waals surface area (Å²) in [7, 11) is 0. The molecule has 1 aromatic rings. The van der Waals surface area contributed by atoms with Crippen LogP contribution in [0.5, 0.6) is 0 Å². The highest BCUT2D eigenvalue weighted by Gasteiger charge is 2.55. The molecule has 156 valence electrons. The number of esters is 1. The highest BCUT2D eigenvalue weighted by Crippen LogP contribution is 2.38. The second kappa shape index (κ2) is 8.41. The molecule has 1 spiro atoms. The predicted molar refractivity (Wildman–Crippen MR) is 106 cm³/mol. The van der Waals surface area contributed by atoms with Gasteiger partial charge in [-0.25, -0.2) is 4.79 Å². The molecule has 0 bridgehead atoms. The monoisotopic (exact) mass is 421 g/mol. The zero-order valence-electron chi connectivity index (χ0n) is 16.4. The molecular weight excluding hydrogens is 398 g/mol. The summed E-state index contributed by atoms with van der Waals surface area (Å²) in [5, 5.41) is 5.69. The number of nitrogens with one attached hydrogen (secondary N) is 2. The fourth-order valence-electron chi connectivity index (χ4n) is 3.87. The second-order valence-corrected chi connectivity index (χ2v) is 8.04. The number of rotatable bonds is 5. The number of amides is 4. The van der Waals surface area contributed by atoms with Crippen molar-refractivity contribution < 1.29 is 23.9 Å². The summed E-state index contributed by atoms with van der Waals surface area (Å²) >= 11 is 6.05. The maximum atomic E-state index is 12.8. The van der Waals surface area contributed by atoms with Crippen LogP contribution in [0.1, 0.15) is 38.2 Å². The first-order valence-electron chi connectivity index (χ1n) is 9.58. The molecule has 1 saturated heterocycles. The minimum atomic E-state index is -0.935. The third kappa shape index (κ3) is 4.37. The van der Waals surface area contributed by atoms with Crippen LogP contribution in [0.2, 0.25) is 5.02 Å². The van der Waals surface area contributed by atoms with Gasteiger partial charge in [0, 0.05) is 0 Å². The number of nitrogens with zero attached hydrogens (tertiary/aromatic N) is 1. The fraction of sp³-hybridized carbons (Fsp3) is 0.500. The van der Waals surface area contributed by atoms with Gasteiger partial charge in [0.15, 0.2) is 6.61 Å². The topological polar surface area (TPSA) is 105 Å². The van der Waals surface area contributed by atoms with Crippen LogP contribution in [0.15, 0.2) is 18.2 Å². The van der Waals surface area contributed by atoms with Gasteiger partial charge in [-0.2, -0.15) is 0 Å². The Labute approximate surface area is 173 Å². The van der Waals surface area contributed by atoms with Gasteiger partial charge >= 0.3 is 12.0 Å². The Morgan fingerprint density at radius 3 is 2.79 bits per heavy atom. The summed E-state index contributed by atoms with van der Waals surface area (Å²) in [6.45, 7) is 2.72. The van der Waals surface area contributed by atoms with Gasteiger partial charge < -0.3 is 15.4 Å². The van der Waals surface area contributed by atoms with Gasteiger partial charge in [0.1, 0.15) is 12.1 Å². The lowest BCUT2D eigenvalue weighted by Gasteiger charge is -2.36. The van der Waals surface area contributed by atoms with E-state index in [-0.39, 0.29) is 5.92 Å². The van der Waals surface area contributed by atoms with Gasteiger partial charge in [-0.3, -0.25) is 19.3 Å². The second-order valence-electron chi connectivity index (χ2n) is 7.63. The number of urea groups is 1. The molecule has 1 saturated carbocycles. The lowest BCUT2D eigenvalue weighted by atomic mass is 9.73. The zero-order valence-corrected chi connectivity index (χ0v) is 17.2. The Kier molecular flexibility index (Phi) is 6.12. The van der Waals surface area contributed by atoms with Crippen LogP contribution in [0.25, 0.3) is 0 Å². The maximum Gasteiger partial charge on any atom is 0.326 e. The summed E-state index contributed by atoms with van der Waals surface area (Å²) < 4.78 is 4.93. The number of benzene rings is 1. The molecule has 0 aromatic heterocycles. The van der Waals surface area contributed by atoms with E-state index in [4.69, 9.17) is 16.3 Å². The number of hydrogen-bond acceptors (Lipinski definition) is 5. The summed E-state index contributed by atoms with van der Waals surface area (Å²) in [6.07, 6.45) is 3.25. The quantitative estimate of drug-likeness (QED) is 0.561. The standard InChI is InChI=1S/C20H24ClN3O5/c1-12-6-7-15(14(21)9-12)22-16(25)11-29-17(26)10-24-18(27)20(23-19(24)28)8-4-3-5-13(20)2/h6-7,9,13H,3-5,8,10-11H2,1-2H3,(H,22,25)(H,23,28)/t13-,20-/m0/s1. The van der Waals surface area contributed by atoms with Crippen molar-refractivity contribution in [1.29, 1.82) is 0 Å². The Bertz CT molecular complexity index is 859. The van der Waals surface area contributed by atoms with Gasteiger partial charge in [0.05, 0.1) is 10.7 Å². The predicted octanol–water partition coefficient (Wildman–Crippen LogP) is 2.63. The molecule has 2 fully saturated rings. The van der Waals surface area contributed by atoms with E-state index in [0.717, 1.165) is 29.7 Å². The Balaban J connectivity index is 1.53. The minimum Gasteiger partial charge on any atom is -0.454 e. The Morgan fingerprint density at radius 1 is 1.34 bits per heavy atom. The molecule has 1 aromatic carbocycles. The number of ether oxygens (including phenoxy) is 1. The average Bonchev–Trinajstić information content (AvgIpc) is 2.90. The number of aryl methyl sites for hydroxylation is 1. The summed E-state index contributed by atoms with van der Waals surface area (Å²) in [5.41, 5.74) is 0.411. The first-order valence-corrected chi connectivity index (χ1v) is 9.96. The third-order valence-electron chi connectivity index (χ3n) is 5.55. The van der Waals surface area contributed by atoms with Crippen LogP contribution >= 0.6 is 11.6 Å². The highest BCUT2D eigenvalue weighted by molar-refractivity contribution is 6.33. The Hall–Kier alpha value is -2.61. The molecule has 2 atom stereocenters. The SMILES string of the molecule is Cc1ccc(NC(=O)COC(=O)CN2C(=O)N[C@]3(CCCC[C@@H]3C)C2=O)c(Cl)c1. The molecule has 8 nitrogen and oxygen atoms in total. The van der Waals surface area contributed by atoms with Crippen LogP contribution in [0.4, 0.5) is 10.5 Å². The van der Waals surface area contributed by atoms with E-state index in [1.807, 2.05) is 13.8 Å². The summed E-state index contributed by atoms with van der Waals surface area (Å²) in [5.74, 6) is -1.81. The molecule has 2 N–H and O–H groups in total. The van der Waals surface area contributed by atoms with Crippen molar-refractivity contribution in [3.63, 3.8) is 0 Å². The van der Waals surface area contributed by atoms with Crippen LogP contribution in [-0.4, -0.2) is 47.4 Å². The molecular formula is C20H24ClN3O5. The molecule has 2 aliphatic rings. The van der Waals surface area contributed by atoms with Gasteiger partial charge in [-0.05, 0) is 43.4 Å². The van der Waals surface area contributed by atoms with Crippen molar-refractivity contribution in [3.05, 3.63) is 28.8 Å². The van der Waals surface area contributed by atoms with E-state index in [2.05, 4.69) is 10.6 Å². The largest absolute Gasteiger partial charge is 0.454 e. The van der Waals surface area contributed by atoms with Crippen LogP contribution < -0.4 is 10.6 Å². The van der Waals surface area contributed by atoms with Crippen molar-refractivity contribution in [2.75, 3.05) is 18.5 Å². The number of hydrogen-bond donors (Lipinski definition) is 2. The lowest BCUT2D eigenvalue weighted by Crippen LogP contribution is -2.54. The maximum absolute atomic E-state index is 12.8. The molecule has 29 heavy (non-hydrogen) atoms. The number of carbonyl (C=O) groups excluding carboxylic acids is 4. The molecule has 1 heterocycles. The Morgan fingerprint density at radius 2 is 2.10 bits per heavy atom. The number of imide groups is 1. The first-order chi connectivity index (χ1) is 13.7. The van der Waals surface area contributed by atoms with Crippen LogP contribution in [0.3, 0.4) is 0 Å².